The van der Waals surface area contributed by atoms with E-state index >= 15 is 0 Å². The van der Waals surface area contributed by atoms with Crippen molar-refractivity contribution in [1.82, 2.24) is 10.2 Å². The largest absolute Gasteiger partial charge is 0.371 e. The number of aromatic nitrogens is 2. The lowest BCUT2D eigenvalue weighted by Crippen LogP contribution is -1.98. The van der Waals surface area contributed by atoms with Gasteiger partial charge in [0.2, 0.25) is 0 Å². The molecular formula is C13H10BrN3S. The zero-order valence-electron chi connectivity index (χ0n) is 9.64. The molecule has 0 aliphatic heterocycles. The molecular weight excluding hydrogens is 310 g/mol. The Kier molecular flexibility index (Phi) is 3.01. The van der Waals surface area contributed by atoms with Crippen molar-refractivity contribution in [3.05, 3.63) is 39.5 Å². The number of anilines is 1. The van der Waals surface area contributed by atoms with E-state index < -0.39 is 0 Å². The van der Waals surface area contributed by atoms with Gasteiger partial charge in [-0.1, -0.05) is 24.3 Å². The number of nitrogens with zero attached hydrogens (tertiary/aromatic N) is 2. The molecule has 18 heavy (non-hydrogen) atoms. The highest BCUT2D eigenvalue weighted by molar-refractivity contribution is 9.10. The molecule has 5 heteroatoms. The van der Waals surface area contributed by atoms with Gasteiger partial charge in [-0.05, 0) is 15.9 Å². The van der Waals surface area contributed by atoms with Crippen LogP contribution < -0.4 is 5.32 Å². The summed E-state index contributed by atoms with van der Waals surface area (Å²) in [6, 6.07) is 8.16. The number of hydrogen-bond donors (Lipinski definition) is 1. The average Bonchev–Trinajstić information content (AvgIpc) is 2.83. The summed E-state index contributed by atoms with van der Waals surface area (Å²) in [5.41, 5.74) is 2.00. The normalized spacial score (nSPS) is 10.8. The molecule has 90 valence electrons. The molecule has 0 saturated heterocycles. The van der Waals surface area contributed by atoms with Gasteiger partial charge in [-0.2, -0.15) is 11.3 Å². The van der Waals surface area contributed by atoms with Crippen molar-refractivity contribution in [2.45, 2.75) is 0 Å². The molecule has 2 aromatic heterocycles. The van der Waals surface area contributed by atoms with E-state index in [0.29, 0.717) is 0 Å². The van der Waals surface area contributed by atoms with E-state index in [4.69, 9.17) is 0 Å². The molecule has 0 unspecified atom stereocenters. The molecule has 0 radical (unpaired) electrons. The highest BCUT2D eigenvalue weighted by atomic mass is 79.9. The van der Waals surface area contributed by atoms with Gasteiger partial charge in [0.1, 0.15) is 5.69 Å². The summed E-state index contributed by atoms with van der Waals surface area (Å²) in [6.07, 6.45) is 0. The van der Waals surface area contributed by atoms with Crippen molar-refractivity contribution in [1.29, 1.82) is 0 Å². The maximum atomic E-state index is 4.35. The first-order chi connectivity index (χ1) is 8.81. The van der Waals surface area contributed by atoms with Crippen LogP contribution in [0.2, 0.25) is 0 Å². The number of nitrogens with one attached hydrogen (secondary N) is 1. The van der Waals surface area contributed by atoms with Gasteiger partial charge in [0, 0.05) is 38.6 Å². The predicted molar refractivity (Wildman–Crippen MR) is 80.1 cm³/mol. The number of fused-ring (bicyclic) bond motifs is 1. The summed E-state index contributed by atoms with van der Waals surface area (Å²) >= 11 is 5.20. The number of thiophene rings is 1. The first kappa shape index (κ1) is 11.6. The maximum absolute atomic E-state index is 4.35. The molecule has 0 spiro atoms. The minimum Gasteiger partial charge on any atom is -0.371 e. The molecule has 1 N–H and O–H groups in total. The van der Waals surface area contributed by atoms with E-state index in [1.165, 1.54) is 0 Å². The fraction of sp³-hybridized carbons (Fsp3) is 0.0769. The molecule has 0 atom stereocenters. The molecule has 0 bridgehead atoms. The van der Waals surface area contributed by atoms with Crippen LogP contribution in [0.1, 0.15) is 0 Å². The van der Waals surface area contributed by atoms with Gasteiger partial charge in [-0.25, -0.2) is 0 Å². The van der Waals surface area contributed by atoms with Crippen LogP contribution in [0.25, 0.3) is 22.0 Å². The van der Waals surface area contributed by atoms with Crippen molar-refractivity contribution in [2.24, 2.45) is 0 Å². The van der Waals surface area contributed by atoms with Gasteiger partial charge in [0.25, 0.3) is 0 Å². The first-order valence-electron chi connectivity index (χ1n) is 5.46. The van der Waals surface area contributed by atoms with Crippen LogP contribution in [0.5, 0.6) is 0 Å². The van der Waals surface area contributed by atoms with Crippen molar-refractivity contribution in [2.75, 3.05) is 12.4 Å². The topological polar surface area (TPSA) is 37.8 Å². The number of rotatable bonds is 2. The Labute approximate surface area is 117 Å². The zero-order valence-corrected chi connectivity index (χ0v) is 12.0. The maximum Gasteiger partial charge on any atom is 0.156 e. The van der Waals surface area contributed by atoms with Gasteiger partial charge in [0.15, 0.2) is 5.82 Å². The summed E-state index contributed by atoms with van der Waals surface area (Å²) in [6.45, 7) is 0. The predicted octanol–water partition coefficient (Wildman–Crippen LogP) is 4.16. The number of halogens is 1. The van der Waals surface area contributed by atoms with Gasteiger partial charge in [-0.3, -0.25) is 0 Å². The third-order valence-electron chi connectivity index (χ3n) is 2.79. The van der Waals surface area contributed by atoms with Crippen LogP contribution in [-0.4, -0.2) is 17.2 Å². The standard InChI is InChI=1S/C13H10BrN3S/c1-15-13-9-5-3-2-4-8(9)12(16-17-13)10-6-18-7-11(10)14/h2-7H,1H3,(H,15,17). The lowest BCUT2D eigenvalue weighted by Gasteiger charge is -2.08. The lowest BCUT2D eigenvalue weighted by molar-refractivity contribution is 1.06. The fourth-order valence-corrected chi connectivity index (χ4v) is 3.40. The minimum absolute atomic E-state index is 0.806. The monoisotopic (exact) mass is 319 g/mol. The Bertz CT molecular complexity index is 708. The Morgan fingerprint density at radius 1 is 1.11 bits per heavy atom. The Morgan fingerprint density at radius 3 is 2.56 bits per heavy atom. The van der Waals surface area contributed by atoms with Crippen molar-refractivity contribution >= 4 is 43.9 Å². The summed E-state index contributed by atoms with van der Waals surface area (Å²) in [7, 11) is 1.86. The molecule has 0 aliphatic rings. The molecule has 1 aromatic carbocycles. The van der Waals surface area contributed by atoms with Crippen molar-refractivity contribution in [3.8, 4) is 11.3 Å². The quantitative estimate of drug-likeness (QED) is 0.770. The van der Waals surface area contributed by atoms with E-state index in [2.05, 4.69) is 54.3 Å². The van der Waals surface area contributed by atoms with Crippen LogP contribution in [0, 0.1) is 0 Å². The second kappa shape index (κ2) is 4.66. The van der Waals surface area contributed by atoms with Gasteiger partial charge in [0.05, 0.1) is 0 Å². The lowest BCUT2D eigenvalue weighted by atomic mass is 10.1. The molecule has 0 fully saturated rings. The summed E-state index contributed by atoms with van der Waals surface area (Å²) in [5, 5.41) is 18.0. The molecule has 3 rings (SSSR count). The molecule has 3 aromatic rings. The van der Waals surface area contributed by atoms with Crippen LogP contribution in [0.3, 0.4) is 0 Å². The van der Waals surface area contributed by atoms with Crippen LogP contribution in [-0.2, 0) is 0 Å². The highest BCUT2D eigenvalue weighted by Crippen LogP contribution is 2.35. The average molecular weight is 320 g/mol. The number of hydrogen-bond acceptors (Lipinski definition) is 4. The van der Waals surface area contributed by atoms with E-state index in [9.17, 15) is 0 Å². The van der Waals surface area contributed by atoms with E-state index in [0.717, 1.165) is 32.3 Å². The zero-order chi connectivity index (χ0) is 12.5. The van der Waals surface area contributed by atoms with Crippen molar-refractivity contribution in [3.63, 3.8) is 0 Å². The number of benzene rings is 1. The second-order valence-electron chi connectivity index (χ2n) is 3.83. The fourth-order valence-electron chi connectivity index (χ4n) is 1.94. The van der Waals surface area contributed by atoms with Crippen LogP contribution >= 0.6 is 27.3 Å². The molecule has 0 amide bonds. The van der Waals surface area contributed by atoms with E-state index in [1.807, 2.05) is 19.2 Å². The van der Waals surface area contributed by atoms with Crippen LogP contribution in [0.4, 0.5) is 5.82 Å². The third-order valence-corrected chi connectivity index (χ3v) is 4.50. The first-order valence-corrected chi connectivity index (χ1v) is 7.20. The molecule has 3 nitrogen and oxygen atoms in total. The van der Waals surface area contributed by atoms with Crippen molar-refractivity contribution < 1.29 is 0 Å². The SMILES string of the molecule is CNc1nnc(-c2cscc2Br)c2ccccc12. The van der Waals surface area contributed by atoms with Gasteiger partial charge < -0.3 is 5.32 Å². The van der Waals surface area contributed by atoms with Gasteiger partial charge in [-0.15, -0.1) is 10.2 Å². The Balaban J connectivity index is 2.35. The van der Waals surface area contributed by atoms with Crippen LogP contribution in [0.15, 0.2) is 39.5 Å². The Hall–Kier alpha value is -1.46. The Morgan fingerprint density at radius 2 is 1.89 bits per heavy atom. The minimum atomic E-state index is 0.806. The molecule has 2 heterocycles. The summed E-state index contributed by atoms with van der Waals surface area (Å²) < 4.78 is 1.06. The third kappa shape index (κ3) is 1.79. The molecule has 0 saturated carbocycles. The smallest absolute Gasteiger partial charge is 0.156 e. The summed E-state index contributed by atoms with van der Waals surface area (Å²) in [4.78, 5) is 0. The second-order valence-corrected chi connectivity index (χ2v) is 5.42. The van der Waals surface area contributed by atoms with E-state index in [1.54, 1.807) is 11.3 Å². The summed E-state index contributed by atoms with van der Waals surface area (Å²) in [5.74, 6) is 0.806. The highest BCUT2D eigenvalue weighted by Gasteiger charge is 2.12. The van der Waals surface area contributed by atoms with E-state index in [-0.39, 0.29) is 0 Å². The van der Waals surface area contributed by atoms with Gasteiger partial charge >= 0.3 is 0 Å². The molecule has 0 aliphatic carbocycles.